The monoisotopic (exact) mass is 476 g/mol. The molecule has 1 heterocycles. The van der Waals surface area contributed by atoms with E-state index >= 15 is 0 Å². The molecule has 4 heteroatoms. The predicted molar refractivity (Wildman–Crippen MR) is 141 cm³/mol. The van der Waals surface area contributed by atoms with Gasteiger partial charge in [-0.05, 0) is 67.1 Å². The fourth-order valence-electron chi connectivity index (χ4n) is 5.05. The highest BCUT2D eigenvalue weighted by molar-refractivity contribution is 6.31. The molecule has 1 aliphatic rings. The van der Waals surface area contributed by atoms with Gasteiger partial charge in [-0.2, -0.15) is 0 Å². The average Bonchev–Trinajstić information content (AvgIpc) is 3.31. The predicted octanol–water partition coefficient (Wildman–Crippen LogP) is 7.90. The third-order valence-electron chi connectivity index (χ3n) is 7.10. The first-order valence-corrected chi connectivity index (χ1v) is 13.3. The Morgan fingerprint density at radius 3 is 2.47 bits per heavy atom. The summed E-state index contributed by atoms with van der Waals surface area (Å²) < 4.78 is 2.22. The maximum atomic E-state index is 13.8. The van der Waals surface area contributed by atoms with Crippen LogP contribution in [-0.2, 0) is 19.5 Å². The summed E-state index contributed by atoms with van der Waals surface area (Å²) in [5, 5.41) is 0.779. The van der Waals surface area contributed by atoms with E-state index < -0.39 is 0 Å². The molecule has 0 unspecified atom stereocenters. The number of rotatable bonds is 10. The minimum absolute atomic E-state index is 0.150. The minimum atomic E-state index is 0.150. The number of unbranched alkanes of at least 4 members (excludes halogenated alkanes) is 2. The molecule has 3 nitrogen and oxygen atoms in total. The fourth-order valence-corrected chi connectivity index (χ4v) is 5.25. The highest BCUT2D eigenvalue weighted by Crippen LogP contribution is 2.27. The molecule has 0 spiro atoms. The van der Waals surface area contributed by atoms with E-state index in [4.69, 9.17) is 11.6 Å². The van der Waals surface area contributed by atoms with Gasteiger partial charge >= 0.3 is 0 Å². The highest BCUT2D eigenvalue weighted by atomic mass is 35.5. The van der Waals surface area contributed by atoms with Gasteiger partial charge < -0.3 is 9.47 Å². The molecule has 0 radical (unpaired) electrons. The van der Waals surface area contributed by atoms with Gasteiger partial charge in [0.25, 0.3) is 5.91 Å². The molecule has 2 aromatic carbocycles. The Labute approximate surface area is 209 Å². The van der Waals surface area contributed by atoms with Gasteiger partial charge in [0.1, 0.15) is 0 Å². The van der Waals surface area contributed by atoms with Crippen molar-refractivity contribution in [3.8, 4) is 0 Å². The van der Waals surface area contributed by atoms with Crippen molar-refractivity contribution in [2.75, 3.05) is 0 Å². The van der Waals surface area contributed by atoms with Crippen molar-refractivity contribution in [2.45, 2.75) is 83.8 Å². The molecule has 3 aromatic rings. The van der Waals surface area contributed by atoms with Crippen molar-refractivity contribution in [2.24, 2.45) is 0 Å². The number of nitrogens with zero attached hydrogens (tertiary/aromatic N) is 2. The van der Waals surface area contributed by atoms with Crippen LogP contribution < -0.4 is 0 Å². The Hall–Kier alpha value is -2.52. The number of carbonyl (C=O) groups is 1. The van der Waals surface area contributed by atoms with Crippen LogP contribution in [0.4, 0.5) is 0 Å². The number of aryl methyl sites for hydroxylation is 1. The molecule has 1 aromatic heterocycles. The molecular weight excluding hydrogens is 440 g/mol. The number of aromatic nitrogens is 1. The van der Waals surface area contributed by atoms with E-state index in [9.17, 15) is 4.79 Å². The Bertz CT molecular complexity index is 1050. The number of hydrogen-bond donors (Lipinski definition) is 0. The maximum absolute atomic E-state index is 13.8. The quantitative estimate of drug-likeness (QED) is 0.273. The van der Waals surface area contributed by atoms with Crippen LogP contribution in [-0.4, -0.2) is 21.4 Å². The number of amides is 1. The largest absolute Gasteiger partial charge is 0.345 e. The van der Waals surface area contributed by atoms with Gasteiger partial charge in [0.15, 0.2) is 0 Å². The van der Waals surface area contributed by atoms with Gasteiger partial charge in [-0.1, -0.05) is 81.0 Å². The summed E-state index contributed by atoms with van der Waals surface area (Å²) in [6, 6.07) is 20.8. The highest BCUT2D eigenvalue weighted by Gasteiger charge is 2.27. The van der Waals surface area contributed by atoms with Crippen molar-refractivity contribution in [3.63, 3.8) is 0 Å². The molecule has 180 valence electrons. The second-order valence-electron chi connectivity index (χ2n) is 9.60. The second-order valence-corrected chi connectivity index (χ2v) is 10.0. The van der Waals surface area contributed by atoms with Crippen LogP contribution in [0.2, 0.25) is 5.02 Å². The Morgan fingerprint density at radius 1 is 0.971 bits per heavy atom. The number of hydrogen-bond acceptors (Lipinski definition) is 1. The molecule has 34 heavy (non-hydrogen) atoms. The topological polar surface area (TPSA) is 25.2 Å². The smallest absolute Gasteiger partial charge is 0.254 e. The fraction of sp³-hybridized carbons (Fsp3) is 0.433. The van der Waals surface area contributed by atoms with E-state index in [1.54, 1.807) is 0 Å². The summed E-state index contributed by atoms with van der Waals surface area (Å²) in [7, 11) is 0. The van der Waals surface area contributed by atoms with E-state index in [1.807, 2.05) is 30.3 Å². The molecule has 0 N–H and O–H groups in total. The lowest BCUT2D eigenvalue weighted by Gasteiger charge is -2.35. The number of carbonyl (C=O) groups excluding carboxylic acids is 1. The molecule has 0 aliphatic heterocycles. The second kappa shape index (κ2) is 12.3. The molecule has 1 aliphatic carbocycles. The Balaban J connectivity index is 1.53. The lowest BCUT2D eigenvalue weighted by Crippen LogP contribution is -2.41. The van der Waals surface area contributed by atoms with Crippen LogP contribution in [0, 0.1) is 0 Å². The van der Waals surface area contributed by atoms with Crippen LogP contribution in [0.3, 0.4) is 0 Å². The van der Waals surface area contributed by atoms with E-state index in [0.29, 0.717) is 19.1 Å². The zero-order valence-electron chi connectivity index (χ0n) is 20.4. The normalized spacial score (nSPS) is 14.3. The van der Waals surface area contributed by atoms with Gasteiger partial charge in [0.05, 0.1) is 6.54 Å². The van der Waals surface area contributed by atoms with Gasteiger partial charge in [0, 0.05) is 35.1 Å². The molecule has 1 fully saturated rings. The van der Waals surface area contributed by atoms with E-state index in [2.05, 4.69) is 52.9 Å². The first-order chi connectivity index (χ1) is 16.7. The van der Waals surface area contributed by atoms with Crippen molar-refractivity contribution in [1.29, 1.82) is 0 Å². The standard InChI is InChI=1S/C30H37ClN2O/c1-2-3-5-11-24-17-19-25(20-18-24)30(34)33(27-13-6-4-7-14-27)23-28-15-10-21-32(28)22-26-12-8-9-16-29(26)31/h8-10,12,15-21,27H,2-7,11,13-14,22-23H2,1H3. The summed E-state index contributed by atoms with van der Waals surface area (Å²) in [6.45, 7) is 3.56. The molecule has 1 saturated carbocycles. The molecule has 0 bridgehead atoms. The summed E-state index contributed by atoms with van der Waals surface area (Å²) in [5.74, 6) is 0.150. The van der Waals surface area contributed by atoms with E-state index in [1.165, 1.54) is 44.1 Å². The zero-order chi connectivity index (χ0) is 23.8. The summed E-state index contributed by atoms with van der Waals surface area (Å²) in [5.41, 5.74) is 4.36. The minimum Gasteiger partial charge on any atom is -0.345 e. The van der Waals surface area contributed by atoms with Gasteiger partial charge in [-0.15, -0.1) is 0 Å². The Morgan fingerprint density at radius 2 is 1.74 bits per heavy atom. The third-order valence-corrected chi connectivity index (χ3v) is 7.47. The van der Waals surface area contributed by atoms with E-state index in [0.717, 1.165) is 41.1 Å². The van der Waals surface area contributed by atoms with Crippen LogP contribution in [0.15, 0.2) is 66.9 Å². The third kappa shape index (κ3) is 6.33. The van der Waals surface area contributed by atoms with Gasteiger partial charge in [-0.3, -0.25) is 4.79 Å². The summed E-state index contributed by atoms with van der Waals surface area (Å²) in [6.07, 6.45) is 12.7. The maximum Gasteiger partial charge on any atom is 0.254 e. The number of benzene rings is 2. The van der Waals surface area contributed by atoms with Gasteiger partial charge in [-0.25, -0.2) is 0 Å². The summed E-state index contributed by atoms with van der Waals surface area (Å²) in [4.78, 5) is 15.9. The first kappa shape index (κ1) is 24.6. The molecule has 1 amide bonds. The van der Waals surface area contributed by atoms with Crippen LogP contribution in [0.1, 0.15) is 85.5 Å². The van der Waals surface area contributed by atoms with Crippen molar-refractivity contribution < 1.29 is 4.79 Å². The molecule has 0 atom stereocenters. The lowest BCUT2D eigenvalue weighted by molar-refractivity contribution is 0.0608. The molecule has 4 rings (SSSR count). The van der Waals surface area contributed by atoms with Gasteiger partial charge in [0.2, 0.25) is 0 Å². The van der Waals surface area contributed by atoms with Crippen molar-refractivity contribution in [3.05, 3.63) is 94.3 Å². The van der Waals surface area contributed by atoms with Crippen LogP contribution in [0.25, 0.3) is 0 Å². The van der Waals surface area contributed by atoms with Crippen molar-refractivity contribution in [1.82, 2.24) is 9.47 Å². The zero-order valence-corrected chi connectivity index (χ0v) is 21.1. The lowest BCUT2D eigenvalue weighted by atomic mass is 9.93. The van der Waals surface area contributed by atoms with Crippen LogP contribution >= 0.6 is 11.6 Å². The first-order valence-electron chi connectivity index (χ1n) is 12.9. The van der Waals surface area contributed by atoms with Crippen LogP contribution in [0.5, 0.6) is 0 Å². The molecular formula is C30H37ClN2O. The molecule has 0 saturated heterocycles. The Kier molecular flexibility index (Phi) is 8.87. The summed E-state index contributed by atoms with van der Waals surface area (Å²) >= 11 is 6.43. The average molecular weight is 477 g/mol. The number of halogens is 1. The van der Waals surface area contributed by atoms with Crippen molar-refractivity contribution >= 4 is 17.5 Å². The SMILES string of the molecule is CCCCCc1ccc(C(=O)N(Cc2cccn2Cc2ccccc2Cl)C2CCCCC2)cc1. The van der Waals surface area contributed by atoms with E-state index in [-0.39, 0.29) is 5.91 Å².